The summed E-state index contributed by atoms with van der Waals surface area (Å²) in [7, 11) is 0. The van der Waals surface area contributed by atoms with Crippen LogP contribution in [0.3, 0.4) is 0 Å². The summed E-state index contributed by atoms with van der Waals surface area (Å²) in [5.74, 6) is -0.583. The van der Waals surface area contributed by atoms with Crippen molar-refractivity contribution >= 4 is 11.7 Å². The zero-order chi connectivity index (χ0) is 7.28. The molecule has 0 rings (SSSR count). The van der Waals surface area contributed by atoms with Crippen LogP contribution in [-0.2, 0) is 9.53 Å². The van der Waals surface area contributed by atoms with Gasteiger partial charge in [0.25, 0.3) is 0 Å². The van der Waals surface area contributed by atoms with Crippen molar-refractivity contribution in [3.8, 4) is 0 Å². The fourth-order valence-electron chi connectivity index (χ4n) is 0.276. The first-order valence-electron chi connectivity index (χ1n) is 2.58. The maximum Gasteiger partial charge on any atom is 0.355 e. The Morgan fingerprint density at radius 2 is 2.33 bits per heavy atom. The van der Waals surface area contributed by atoms with Gasteiger partial charge in [-0.1, -0.05) is 5.16 Å². The number of hydrogen-bond donors (Lipinski definition) is 1. The Hall–Kier alpha value is -1.06. The molecule has 0 aromatic heterocycles. The van der Waals surface area contributed by atoms with Crippen molar-refractivity contribution in [2.75, 3.05) is 6.61 Å². The summed E-state index contributed by atoms with van der Waals surface area (Å²) in [4.78, 5) is 10.5. The van der Waals surface area contributed by atoms with Crippen LogP contribution in [0.2, 0.25) is 0 Å². The van der Waals surface area contributed by atoms with Crippen molar-refractivity contribution in [3.63, 3.8) is 0 Å². The smallest absolute Gasteiger partial charge is 0.355 e. The van der Waals surface area contributed by atoms with E-state index >= 15 is 0 Å². The van der Waals surface area contributed by atoms with Gasteiger partial charge in [-0.3, -0.25) is 0 Å². The summed E-state index contributed by atoms with van der Waals surface area (Å²) >= 11 is 0. The van der Waals surface area contributed by atoms with Crippen molar-refractivity contribution in [3.05, 3.63) is 0 Å². The molecule has 0 unspecified atom stereocenters. The zero-order valence-corrected chi connectivity index (χ0v) is 5.42. The van der Waals surface area contributed by atoms with Crippen LogP contribution in [0, 0.1) is 0 Å². The molecule has 0 radical (unpaired) electrons. The Morgan fingerprint density at radius 3 is 2.67 bits per heavy atom. The van der Waals surface area contributed by atoms with Gasteiger partial charge in [0.1, 0.15) is 0 Å². The Balaban J connectivity index is 3.74. The van der Waals surface area contributed by atoms with Crippen molar-refractivity contribution < 1.29 is 14.7 Å². The standard InChI is InChI=1S/C5H9NO3/c1-3-9-5(7)4(2)6-8/h8H,3H2,1-2H3. The van der Waals surface area contributed by atoms with Crippen molar-refractivity contribution in [1.29, 1.82) is 0 Å². The number of esters is 1. The average Bonchev–Trinajstić information content (AvgIpc) is 1.87. The Kier molecular flexibility index (Phi) is 3.43. The quantitative estimate of drug-likeness (QED) is 0.255. The molecule has 0 saturated heterocycles. The van der Waals surface area contributed by atoms with Gasteiger partial charge >= 0.3 is 5.97 Å². The van der Waals surface area contributed by atoms with E-state index in [9.17, 15) is 4.79 Å². The maximum atomic E-state index is 10.5. The monoisotopic (exact) mass is 131 g/mol. The molecule has 9 heavy (non-hydrogen) atoms. The van der Waals surface area contributed by atoms with Gasteiger partial charge in [0.15, 0.2) is 5.71 Å². The number of hydrogen-bond acceptors (Lipinski definition) is 4. The summed E-state index contributed by atoms with van der Waals surface area (Å²) in [6.07, 6.45) is 0. The molecule has 0 atom stereocenters. The molecule has 0 bridgehead atoms. The molecule has 0 aliphatic heterocycles. The second kappa shape index (κ2) is 3.88. The number of ether oxygens (including phenoxy) is 1. The van der Waals surface area contributed by atoms with Gasteiger partial charge < -0.3 is 9.94 Å². The highest BCUT2D eigenvalue weighted by Gasteiger charge is 2.04. The fraction of sp³-hybridized carbons (Fsp3) is 0.600. The largest absolute Gasteiger partial charge is 0.461 e. The predicted molar refractivity (Wildman–Crippen MR) is 31.5 cm³/mol. The SMILES string of the molecule is CCOC(=O)C(C)=NO. The van der Waals surface area contributed by atoms with E-state index in [-0.39, 0.29) is 5.71 Å². The summed E-state index contributed by atoms with van der Waals surface area (Å²) in [5, 5.41) is 10.7. The molecule has 0 aromatic carbocycles. The van der Waals surface area contributed by atoms with E-state index in [0.29, 0.717) is 6.61 Å². The van der Waals surface area contributed by atoms with Crippen LogP contribution in [0.1, 0.15) is 13.8 Å². The van der Waals surface area contributed by atoms with Crippen LogP contribution < -0.4 is 0 Å². The third-order valence-corrected chi connectivity index (χ3v) is 0.721. The first-order chi connectivity index (χ1) is 4.22. The molecule has 0 spiro atoms. The Morgan fingerprint density at radius 1 is 1.78 bits per heavy atom. The van der Waals surface area contributed by atoms with E-state index < -0.39 is 5.97 Å². The highest BCUT2D eigenvalue weighted by molar-refractivity contribution is 6.35. The molecule has 0 aliphatic rings. The molecular weight excluding hydrogens is 122 g/mol. The minimum atomic E-state index is -0.583. The molecular formula is C5H9NO3. The first-order valence-corrected chi connectivity index (χ1v) is 2.58. The van der Waals surface area contributed by atoms with Gasteiger partial charge in [0.05, 0.1) is 6.61 Å². The average molecular weight is 131 g/mol. The second-order valence-electron chi connectivity index (χ2n) is 1.41. The number of carbonyl (C=O) groups excluding carboxylic acids is 1. The van der Waals surface area contributed by atoms with Gasteiger partial charge in [-0.05, 0) is 13.8 Å². The van der Waals surface area contributed by atoms with Crippen LogP contribution in [0.25, 0.3) is 0 Å². The van der Waals surface area contributed by atoms with Crippen molar-refractivity contribution in [2.24, 2.45) is 5.16 Å². The van der Waals surface area contributed by atoms with Crippen LogP contribution in [0.15, 0.2) is 5.16 Å². The minimum Gasteiger partial charge on any atom is -0.461 e. The number of nitrogens with zero attached hydrogens (tertiary/aromatic N) is 1. The fourth-order valence-corrected chi connectivity index (χ4v) is 0.276. The van der Waals surface area contributed by atoms with E-state index in [0.717, 1.165) is 0 Å². The van der Waals surface area contributed by atoms with Crippen LogP contribution in [0.5, 0.6) is 0 Å². The highest BCUT2D eigenvalue weighted by Crippen LogP contribution is 1.81. The molecule has 0 aromatic rings. The third kappa shape index (κ3) is 2.69. The van der Waals surface area contributed by atoms with Crippen molar-refractivity contribution in [2.45, 2.75) is 13.8 Å². The lowest BCUT2D eigenvalue weighted by Crippen LogP contribution is -2.13. The van der Waals surface area contributed by atoms with Crippen LogP contribution >= 0.6 is 0 Å². The summed E-state index contributed by atoms with van der Waals surface area (Å²) in [6, 6.07) is 0. The molecule has 0 saturated carbocycles. The van der Waals surface area contributed by atoms with Gasteiger partial charge in [0, 0.05) is 0 Å². The second-order valence-corrected chi connectivity index (χ2v) is 1.41. The van der Waals surface area contributed by atoms with Crippen LogP contribution in [0.4, 0.5) is 0 Å². The number of carbonyl (C=O) groups is 1. The normalized spacial score (nSPS) is 11.1. The van der Waals surface area contributed by atoms with Gasteiger partial charge in [-0.25, -0.2) is 4.79 Å². The molecule has 0 amide bonds. The Labute approximate surface area is 53.1 Å². The van der Waals surface area contributed by atoms with Crippen LogP contribution in [-0.4, -0.2) is 23.5 Å². The minimum absolute atomic E-state index is 0.0307. The molecule has 4 nitrogen and oxygen atoms in total. The van der Waals surface area contributed by atoms with Gasteiger partial charge in [-0.2, -0.15) is 0 Å². The number of oxime groups is 1. The lowest BCUT2D eigenvalue weighted by atomic mass is 10.4. The maximum absolute atomic E-state index is 10.5. The van der Waals surface area contributed by atoms with E-state index in [1.54, 1.807) is 6.92 Å². The lowest BCUT2D eigenvalue weighted by Gasteiger charge is -1.96. The van der Waals surface area contributed by atoms with E-state index in [2.05, 4.69) is 9.89 Å². The third-order valence-electron chi connectivity index (χ3n) is 0.721. The molecule has 0 aliphatic carbocycles. The zero-order valence-electron chi connectivity index (χ0n) is 5.42. The summed E-state index contributed by atoms with van der Waals surface area (Å²) in [6.45, 7) is 3.35. The van der Waals surface area contributed by atoms with Gasteiger partial charge in [-0.15, -0.1) is 0 Å². The first kappa shape index (κ1) is 7.94. The lowest BCUT2D eigenvalue weighted by molar-refractivity contribution is -0.135. The summed E-state index contributed by atoms with van der Waals surface area (Å²) < 4.78 is 4.46. The Bertz CT molecular complexity index is 130. The molecule has 52 valence electrons. The molecule has 0 fully saturated rings. The predicted octanol–water partition coefficient (Wildman–Crippen LogP) is 0.400. The van der Waals surface area contributed by atoms with E-state index in [1.165, 1.54) is 6.92 Å². The van der Waals surface area contributed by atoms with E-state index in [1.807, 2.05) is 0 Å². The highest BCUT2D eigenvalue weighted by atomic mass is 16.5. The molecule has 0 heterocycles. The van der Waals surface area contributed by atoms with Crippen molar-refractivity contribution in [1.82, 2.24) is 0 Å². The topological polar surface area (TPSA) is 58.9 Å². The van der Waals surface area contributed by atoms with Gasteiger partial charge in [0.2, 0.25) is 0 Å². The molecule has 1 N–H and O–H groups in total. The number of rotatable bonds is 2. The molecule has 4 heteroatoms. The van der Waals surface area contributed by atoms with E-state index in [4.69, 9.17) is 5.21 Å². The summed E-state index contributed by atoms with van der Waals surface area (Å²) in [5.41, 5.74) is -0.0307.